The number of amides is 3. The van der Waals surface area contributed by atoms with E-state index in [-0.39, 0.29) is 11.9 Å². The van der Waals surface area contributed by atoms with Gasteiger partial charge in [-0.3, -0.25) is 4.79 Å². The molecule has 0 aromatic heterocycles. The molecule has 0 heterocycles. The highest BCUT2D eigenvalue weighted by Crippen LogP contribution is 2.29. The first-order valence-electron chi connectivity index (χ1n) is 11.2. The first-order valence-corrected chi connectivity index (χ1v) is 11.2. The van der Waals surface area contributed by atoms with Crippen molar-refractivity contribution in [3.8, 4) is 0 Å². The van der Waals surface area contributed by atoms with Gasteiger partial charge in [0, 0.05) is 19.6 Å². The Morgan fingerprint density at radius 1 is 0.903 bits per heavy atom. The SMILES string of the molecule is CN(CCCNC(=O)C1(NC(=O)NCc2ccccc2)CCCC1)Cc1ccccc1. The van der Waals surface area contributed by atoms with E-state index in [1.54, 1.807) is 0 Å². The first kappa shape index (κ1) is 22.8. The van der Waals surface area contributed by atoms with Crippen LogP contribution in [0.1, 0.15) is 43.2 Å². The van der Waals surface area contributed by atoms with Crippen molar-refractivity contribution in [2.75, 3.05) is 20.1 Å². The minimum atomic E-state index is -0.795. The van der Waals surface area contributed by atoms with Gasteiger partial charge >= 0.3 is 6.03 Å². The molecule has 0 bridgehead atoms. The Hall–Kier alpha value is -2.86. The van der Waals surface area contributed by atoms with E-state index < -0.39 is 5.54 Å². The third-order valence-corrected chi connectivity index (χ3v) is 5.84. The molecule has 2 aromatic rings. The van der Waals surface area contributed by atoms with Crippen LogP contribution in [0, 0.1) is 0 Å². The minimum absolute atomic E-state index is 0.0643. The van der Waals surface area contributed by atoms with Gasteiger partial charge in [-0.05, 0) is 44.0 Å². The molecule has 1 aliphatic carbocycles. The van der Waals surface area contributed by atoms with Gasteiger partial charge in [0.1, 0.15) is 5.54 Å². The van der Waals surface area contributed by atoms with Gasteiger partial charge in [0.15, 0.2) is 0 Å². The highest BCUT2D eigenvalue weighted by molar-refractivity contribution is 5.91. The Labute approximate surface area is 185 Å². The van der Waals surface area contributed by atoms with Gasteiger partial charge in [-0.1, -0.05) is 73.5 Å². The van der Waals surface area contributed by atoms with Gasteiger partial charge in [-0.2, -0.15) is 0 Å². The lowest BCUT2D eigenvalue weighted by Crippen LogP contribution is -2.59. The van der Waals surface area contributed by atoms with E-state index in [1.807, 2.05) is 48.5 Å². The lowest BCUT2D eigenvalue weighted by Gasteiger charge is -2.29. The van der Waals surface area contributed by atoms with Crippen molar-refractivity contribution < 1.29 is 9.59 Å². The molecule has 0 saturated heterocycles. The number of hydrogen-bond acceptors (Lipinski definition) is 3. The summed E-state index contributed by atoms with van der Waals surface area (Å²) in [4.78, 5) is 27.7. The second-order valence-corrected chi connectivity index (χ2v) is 8.42. The lowest BCUT2D eigenvalue weighted by atomic mass is 9.96. The molecular formula is C25H34N4O2. The summed E-state index contributed by atoms with van der Waals surface area (Å²) >= 11 is 0. The Bertz CT molecular complexity index is 820. The fourth-order valence-electron chi connectivity index (χ4n) is 4.12. The molecular weight excluding hydrogens is 388 g/mol. The number of carbonyl (C=O) groups is 2. The highest BCUT2D eigenvalue weighted by atomic mass is 16.2. The summed E-state index contributed by atoms with van der Waals surface area (Å²) in [5.41, 5.74) is 1.52. The molecule has 1 saturated carbocycles. The van der Waals surface area contributed by atoms with Gasteiger partial charge in [0.25, 0.3) is 0 Å². The molecule has 3 N–H and O–H groups in total. The van der Waals surface area contributed by atoms with E-state index in [4.69, 9.17) is 0 Å². The van der Waals surface area contributed by atoms with Crippen LogP contribution >= 0.6 is 0 Å². The molecule has 6 nitrogen and oxygen atoms in total. The summed E-state index contributed by atoms with van der Waals surface area (Å²) in [5.74, 6) is -0.0643. The molecule has 3 rings (SSSR count). The third-order valence-electron chi connectivity index (χ3n) is 5.84. The number of benzene rings is 2. The van der Waals surface area contributed by atoms with Gasteiger partial charge in [0.05, 0.1) is 0 Å². The van der Waals surface area contributed by atoms with Crippen LogP contribution in [0.15, 0.2) is 60.7 Å². The number of nitrogens with zero attached hydrogens (tertiary/aromatic N) is 1. The van der Waals surface area contributed by atoms with Crippen LogP contribution in [0.5, 0.6) is 0 Å². The fourth-order valence-corrected chi connectivity index (χ4v) is 4.12. The number of urea groups is 1. The number of carbonyl (C=O) groups excluding carboxylic acids is 2. The van der Waals surface area contributed by atoms with Gasteiger partial charge in [0.2, 0.25) is 5.91 Å². The lowest BCUT2D eigenvalue weighted by molar-refractivity contribution is -0.127. The quantitative estimate of drug-likeness (QED) is 0.514. The van der Waals surface area contributed by atoms with Crippen molar-refractivity contribution in [2.24, 2.45) is 0 Å². The topological polar surface area (TPSA) is 73.5 Å². The van der Waals surface area contributed by atoms with E-state index in [2.05, 4.69) is 40.0 Å². The van der Waals surface area contributed by atoms with Crippen LogP contribution in [0.3, 0.4) is 0 Å². The average molecular weight is 423 g/mol. The molecule has 166 valence electrons. The van der Waals surface area contributed by atoms with Gasteiger partial charge in [-0.25, -0.2) is 4.79 Å². The maximum absolute atomic E-state index is 12.9. The van der Waals surface area contributed by atoms with Crippen LogP contribution in [0.4, 0.5) is 4.79 Å². The van der Waals surface area contributed by atoms with Crippen LogP contribution in [-0.4, -0.2) is 42.5 Å². The molecule has 6 heteroatoms. The number of rotatable bonds is 10. The molecule has 0 radical (unpaired) electrons. The molecule has 0 atom stereocenters. The van der Waals surface area contributed by atoms with E-state index in [0.29, 0.717) is 25.9 Å². The molecule has 0 spiro atoms. The molecule has 1 aliphatic rings. The Morgan fingerprint density at radius 3 is 2.16 bits per heavy atom. The Morgan fingerprint density at radius 2 is 1.52 bits per heavy atom. The molecule has 1 fully saturated rings. The molecule has 0 aliphatic heterocycles. The van der Waals surface area contributed by atoms with Gasteiger partial charge in [-0.15, -0.1) is 0 Å². The summed E-state index contributed by atoms with van der Waals surface area (Å²) < 4.78 is 0. The largest absolute Gasteiger partial charge is 0.354 e. The van der Waals surface area contributed by atoms with E-state index in [9.17, 15) is 9.59 Å². The van der Waals surface area contributed by atoms with Crippen LogP contribution in [0.25, 0.3) is 0 Å². The van der Waals surface area contributed by atoms with Crippen LogP contribution in [0.2, 0.25) is 0 Å². The van der Waals surface area contributed by atoms with Crippen molar-refractivity contribution in [1.29, 1.82) is 0 Å². The summed E-state index contributed by atoms with van der Waals surface area (Å²) in [5, 5.41) is 8.90. The number of nitrogens with one attached hydrogen (secondary N) is 3. The summed E-state index contributed by atoms with van der Waals surface area (Å²) in [6.45, 7) is 2.83. The Balaban J connectivity index is 1.41. The minimum Gasteiger partial charge on any atom is -0.354 e. The van der Waals surface area contributed by atoms with Crippen molar-refractivity contribution >= 4 is 11.9 Å². The van der Waals surface area contributed by atoms with Crippen molar-refractivity contribution in [1.82, 2.24) is 20.9 Å². The van der Waals surface area contributed by atoms with Crippen molar-refractivity contribution in [3.05, 3.63) is 71.8 Å². The zero-order valence-corrected chi connectivity index (χ0v) is 18.4. The van der Waals surface area contributed by atoms with E-state index >= 15 is 0 Å². The maximum atomic E-state index is 12.9. The molecule has 2 aromatic carbocycles. The van der Waals surface area contributed by atoms with Crippen molar-refractivity contribution in [2.45, 2.75) is 50.7 Å². The monoisotopic (exact) mass is 422 g/mol. The normalized spacial score (nSPS) is 14.9. The third kappa shape index (κ3) is 7.10. The fraction of sp³-hybridized carbons (Fsp3) is 0.440. The molecule has 0 unspecified atom stereocenters. The van der Waals surface area contributed by atoms with Crippen molar-refractivity contribution in [3.63, 3.8) is 0 Å². The maximum Gasteiger partial charge on any atom is 0.315 e. The summed E-state index contributed by atoms with van der Waals surface area (Å²) in [6, 6.07) is 19.8. The Kier molecular flexibility index (Phi) is 8.47. The predicted molar refractivity (Wildman–Crippen MR) is 123 cm³/mol. The summed E-state index contributed by atoms with van der Waals surface area (Å²) in [7, 11) is 2.09. The standard InChI is InChI=1S/C25H34N4O2/c1-29(20-22-13-6-3-7-14-22)18-10-17-26-23(30)25(15-8-9-16-25)28-24(31)27-19-21-11-4-2-5-12-21/h2-7,11-14H,8-10,15-20H2,1H3,(H,26,30)(H2,27,28,31). The molecule has 3 amide bonds. The zero-order valence-electron chi connectivity index (χ0n) is 18.4. The first-order chi connectivity index (χ1) is 15.1. The zero-order chi connectivity index (χ0) is 21.9. The molecule has 31 heavy (non-hydrogen) atoms. The van der Waals surface area contributed by atoms with Crippen LogP contribution in [-0.2, 0) is 17.9 Å². The second-order valence-electron chi connectivity index (χ2n) is 8.42. The average Bonchev–Trinajstić information content (AvgIpc) is 3.26. The summed E-state index contributed by atoms with van der Waals surface area (Å²) in [6.07, 6.45) is 4.14. The number of hydrogen-bond donors (Lipinski definition) is 3. The highest BCUT2D eigenvalue weighted by Gasteiger charge is 2.42. The predicted octanol–water partition coefficient (Wildman–Crippen LogP) is 3.44. The van der Waals surface area contributed by atoms with Gasteiger partial charge < -0.3 is 20.9 Å². The van der Waals surface area contributed by atoms with E-state index in [1.165, 1.54) is 5.56 Å². The van der Waals surface area contributed by atoms with E-state index in [0.717, 1.165) is 37.9 Å². The smallest absolute Gasteiger partial charge is 0.315 e. The van der Waals surface area contributed by atoms with Crippen LogP contribution < -0.4 is 16.0 Å². The second kappa shape index (κ2) is 11.5.